The van der Waals surface area contributed by atoms with Crippen molar-refractivity contribution < 1.29 is 24.3 Å². The smallest absolute Gasteiger partial charge is 0.326 e. The number of nitrogens with two attached hydrogens (primary N) is 5. The molecule has 30 heavy (non-hydrogen) atoms. The summed E-state index contributed by atoms with van der Waals surface area (Å²) in [6.45, 7) is 0.695. The van der Waals surface area contributed by atoms with Crippen molar-refractivity contribution in [2.75, 3.05) is 13.1 Å². The Balaban J connectivity index is 5.07. The molecule has 0 aliphatic rings. The number of nitrogens with zero attached hydrogens (tertiary/aromatic N) is 1. The van der Waals surface area contributed by atoms with Gasteiger partial charge in [-0.15, -0.1) is 0 Å². The highest BCUT2D eigenvalue weighted by atomic mass is 16.4. The van der Waals surface area contributed by atoms with E-state index >= 15 is 0 Å². The van der Waals surface area contributed by atoms with Crippen molar-refractivity contribution in [1.82, 2.24) is 10.6 Å². The van der Waals surface area contributed by atoms with E-state index in [0.717, 1.165) is 0 Å². The molecule has 0 bridgehead atoms. The highest BCUT2D eigenvalue weighted by Crippen LogP contribution is 2.05. The second kappa shape index (κ2) is 15.0. The number of carboxylic acid groups (broad SMARTS) is 1. The lowest BCUT2D eigenvalue weighted by Crippen LogP contribution is -2.54. The van der Waals surface area contributed by atoms with Crippen LogP contribution in [0.2, 0.25) is 0 Å². The maximum atomic E-state index is 12.6. The maximum Gasteiger partial charge on any atom is 0.326 e. The first kappa shape index (κ1) is 27.1. The number of aliphatic carboxylic acids is 1. The van der Waals surface area contributed by atoms with Gasteiger partial charge < -0.3 is 44.4 Å². The quantitative estimate of drug-likeness (QED) is 0.0696. The summed E-state index contributed by atoms with van der Waals surface area (Å²) < 4.78 is 0. The molecule has 0 aliphatic carbocycles. The SMILES string of the molecule is NCCCCC(N)C(=O)NC(CCCN=C(N)N)C(=O)NC(CCC(N)=O)C(=O)O. The van der Waals surface area contributed by atoms with E-state index in [2.05, 4.69) is 15.6 Å². The molecule has 0 rings (SSSR count). The van der Waals surface area contributed by atoms with E-state index < -0.39 is 41.8 Å². The monoisotopic (exact) mass is 430 g/mol. The molecular weight excluding hydrogens is 396 g/mol. The third kappa shape index (κ3) is 12.5. The van der Waals surface area contributed by atoms with Gasteiger partial charge in [-0.1, -0.05) is 6.42 Å². The van der Waals surface area contributed by atoms with Crippen LogP contribution in [0.15, 0.2) is 4.99 Å². The summed E-state index contributed by atoms with van der Waals surface area (Å²) in [6.07, 6.45) is 1.85. The van der Waals surface area contributed by atoms with Crippen LogP contribution in [0.3, 0.4) is 0 Å². The largest absolute Gasteiger partial charge is 0.480 e. The highest BCUT2D eigenvalue weighted by Gasteiger charge is 2.27. The topological polar surface area (TPSA) is 255 Å². The first-order valence-electron chi connectivity index (χ1n) is 9.71. The number of amides is 3. The lowest BCUT2D eigenvalue weighted by atomic mass is 10.1. The van der Waals surface area contributed by atoms with E-state index in [1.54, 1.807) is 0 Å². The van der Waals surface area contributed by atoms with Crippen LogP contribution < -0.4 is 39.3 Å². The molecule has 13 N–H and O–H groups in total. The molecule has 0 heterocycles. The molecule has 3 amide bonds. The number of carbonyl (C=O) groups is 4. The first-order valence-corrected chi connectivity index (χ1v) is 9.71. The molecule has 0 spiro atoms. The van der Waals surface area contributed by atoms with Crippen molar-refractivity contribution in [2.24, 2.45) is 33.7 Å². The van der Waals surface area contributed by atoms with Gasteiger partial charge in [0.2, 0.25) is 17.7 Å². The number of carbonyl (C=O) groups excluding carboxylic acids is 3. The Hall–Kier alpha value is -2.93. The minimum Gasteiger partial charge on any atom is -0.480 e. The third-order valence-corrected chi connectivity index (χ3v) is 4.18. The van der Waals surface area contributed by atoms with Gasteiger partial charge in [0.1, 0.15) is 12.1 Å². The van der Waals surface area contributed by atoms with Crippen LogP contribution in [0.5, 0.6) is 0 Å². The second-order valence-corrected chi connectivity index (χ2v) is 6.81. The molecule has 3 atom stereocenters. The maximum absolute atomic E-state index is 12.6. The Kier molecular flexibility index (Phi) is 13.5. The molecule has 3 unspecified atom stereocenters. The first-order chi connectivity index (χ1) is 14.1. The van der Waals surface area contributed by atoms with Crippen molar-refractivity contribution >= 4 is 29.7 Å². The Morgan fingerprint density at radius 2 is 1.50 bits per heavy atom. The fraction of sp³-hybridized carbons (Fsp3) is 0.706. The van der Waals surface area contributed by atoms with E-state index in [0.29, 0.717) is 32.2 Å². The van der Waals surface area contributed by atoms with Gasteiger partial charge in [0.15, 0.2) is 5.96 Å². The fourth-order valence-corrected chi connectivity index (χ4v) is 2.51. The molecule has 172 valence electrons. The number of rotatable bonds is 16. The molecule has 0 saturated heterocycles. The lowest BCUT2D eigenvalue weighted by Gasteiger charge is -2.22. The molecule has 0 aromatic heterocycles. The van der Waals surface area contributed by atoms with Crippen LogP contribution in [0.1, 0.15) is 44.9 Å². The van der Waals surface area contributed by atoms with Crippen molar-refractivity contribution in [2.45, 2.75) is 63.1 Å². The number of unbranched alkanes of at least 4 members (excludes halogenated alkanes) is 1. The van der Waals surface area contributed by atoms with Gasteiger partial charge in [-0.05, 0) is 38.6 Å². The molecule has 0 saturated carbocycles. The molecular formula is C17H34N8O5. The number of aliphatic imine (C=N–C) groups is 1. The number of hydrogen-bond acceptors (Lipinski definition) is 7. The number of nitrogens with one attached hydrogen (secondary N) is 2. The van der Waals surface area contributed by atoms with Gasteiger partial charge in [0.25, 0.3) is 0 Å². The second-order valence-electron chi connectivity index (χ2n) is 6.81. The van der Waals surface area contributed by atoms with Crippen LogP contribution in [0.4, 0.5) is 0 Å². The normalized spacial score (nSPS) is 13.5. The zero-order valence-electron chi connectivity index (χ0n) is 17.0. The van der Waals surface area contributed by atoms with E-state index in [1.807, 2.05) is 0 Å². The van der Waals surface area contributed by atoms with Crippen LogP contribution in [0.25, 0.3) is 0 Å². The van der Waals surface area contributed by atoms with E-state index in [-0.39, 0.29) is 31.8 Å². The molecule has 0 aliphatic heterocycles. The van der Waals surface area contributed by atoms with Gasteiger partial charge in [-0.2, -0.15) is 0 Å². The van der Waals surface area contributed by atoms with Crippen molar-refractivity contribution in [1.29, 1.82) is 0 Å². The minimum atomic E-state index is -1.33. The van der Waals surface area contributed by atoms with E-state index in [9.17, 15) is 24.3 Å². The Morgan fingerprint density at radius 3 is 2.03 bits per heavy atom. The molecule has 13 nitrogen and oxygen atoms in total. The molecule has 0 aromatic carbocycles. The highest BCUT2D eigenvalue weighted by molar-refractivity contribution is 5.91. The zero-order chi connectivity index (χ0) is 23.1. The summed E-state index contributed by atoms with van der Waals surface area (Å²) in [5, 5.41) is 14.1. The summed E-state index contributed by atoms with van der Waals surface area (Å²) in [5.41, 5.74) is 26.8. The average molecular weight is 431 g/mol. The lowest BCUT2D eigenvalue weighted by molar-refractivity contribution is -0.142. The number of hydrogen-bond donors (Lipinski definition) is 8. The van der Waals surface area contributed by atoms with Gasteiger partial charge in [0.05, 0.1) is 6.04 Å². The third-order valence-electron chi connectivity index (χ3n) is 4.18. The van der Waals surface area contributed by atoms with Crippen LogP contribution >= 0.6 is 0 Å². The Morgan fingerprint density at radius 1 is 0.867 bits per heavy atom. The zero-order valence-corrected chi connectivity index (χ0v) is 17.0. The van der Waals surface area contributed by atoms with Crippen LogP contribution in [-0.4, -0.2) is 66.0 Å². The van der Waals surface area contributed by atoms with Crippen molar-refractivity contribution in [3.8, 4) is 0 Å². The number of primary amides is 1. The molecule has 0 fully saturated rings. The molecule has 0 aromatic rings. The van der Waals surface area contributed by atoms with Crippen LogP contribution in [0, 0.1) is 0 Å². The number of carboxylic acids is 1. The van der Waals surface area contributed by atoms with Gasteiger partial charge >= 0.3 is 5.97 Å². The van der Waals surface area contributed by atoms with E-state index in [4.69, 9.17) is 28.7 Å². The molecule has 13 heteroatoms. The predicted molar refractivity (Wildman–Crippen MR) is 111 cm³/mol. The van der Waals surface area contributed by atoms with E-state index in [1.165, 1.54) is 0 Å². The minimum absolute atomic E-state index is 0.112. The summed E-state index contributed by atoms with van der Waals surface area (Å²) >= 11 is 0. The summed E-state index contributed by atoms with van der Waals surface area (Å²) in [6, 6.07) is -3.22. The fourth-order valence-electron chi connectivity index (χ4n) is 2.51. The van der Waals surface area contributed by atoms with Crippen molar-refractivity contribution in [3.63, 3.8) is 0 Å². The summed E-state index contributed by atoms with van der Waals surface area (Å²) in [5.74, 6) is -3.40. The van der Waals surface area contributed by atoms with Gasteiger partial charge in [0, 0.05) is 13.0 Å². The predicted octanol–water partition coefficient (Wildman–Crippen LogP) is -3.18. The standard InChI is InChI=1S/C17H34N8O5/c18-8-2-1-4-10(19)14(27)24-11(5-3-9-23-17(21)22)15(28)25-12(16(29)30)6-7-13(20)26/h10-12H,1-9,18-19H2,(H2,20,26)(H,24,27)(H,25,28)(H,29,30)(H4,21,22,23). The number of guanidine groups is 1. The summed E-state index contributed by atoms with van der Waals surface area (Å²) in [4.78, 5) is 51.0. The summed E-state index contributed by atoms with van der Waals surface area (Å²) in [7, 11) is 0. The van der Waals surface area contributed by atoms with Gasteiger partial charge in [-0.25, -0.2) is 4.79 Å². The Bertz CT molecular complexity index is 609. The van der Waals surface area contributed by atoms with Crippen molar-refractivity contribution in [3.05, 3.63) is 0 Å². The molecule has 0 radical (unpaired) electrons. The van der Waals surface area contributed by atoms with Gasteiger partial charge in [-0.3, -0.25) is 19.4 Å². The van der Waals surface area contributed by atoms with Crippen LogP contribution in [-0.2, 0) is 19.2 Å². The Labute approximate surface area is 175 Å². The average Bonchev–Trinajstić information content (AvgIpc) is 2.66.